The third kappa shape index (κ3) is 2.38. The summed E-state index contributed by atoms with van der Waals surface area (Å²) in [6.45, 7) is -0.935. The van der Waals surface area contributed by atoms with E-state index in [9.17, 15) is 22.0 Å². The minimum Gasteiger partial charge on any atom is -0.397 e. The van der Waals surface area contributed by atoms with Crippen LogP contribution in [0.15, 0.2) is 6.07 Å². The quantitative estimate of drug-likeness (QED) is 0.781. The second kappa shape index (κ2) is 4.20. The summed E-state index contributed by atoms with van der Waals surface area (Å²) in [5.74, 6) is 0. The molecule has 0 atom stereocenters. The maximum atomic E-state index is 12.4. The SMILES string of the molecule is Nc1c(C(F)F)cc(C(F)(F)F)nc1CO. The predicted octanol–water partition coefficient (Wildman–Crippen LogP) is 2.11. The van der Waals surface area contributed by atoms with Crippen molar-refractivity contribution in [2.45, 2.75) is 19.2 Å². The molecule has 16 heavy (non-hydrogen) atoms. The van der Waals surface area contributed by atoms with Gasteiger partial charge in [-0.15, -0.1) is 0 Å². The van der Waals surface area contributed by atoms with Crippen LogP contribution in [0.4, 0.5) is 27.6 Å². The number of hydrogen-bond acceptors (Lipinski definition) is 3. The van der Waals surface area contributed by atoms with Crippen LogP contribution in [0.3, 0.4) is 0 Å². The molecule has 8 heteroatoms. The van der Waals surface area contributed by atoms with Crippen molar-refractivity contribution in [1.82, 2.24) is 4.98 Å². The van der Waals surface area contributed by atoms with Gasteiger partial charge in [-0.2, -0.15) is 13.2 Å². The molecule has 0 aliphatic carbocycles. The van der Waals surface area contributed by atoms with Gasteiger partial charge in [0, 0.05) is 5.56 Å². The molecule has 1 aromatic rings. The molecule has 0 aliphatic rings. The highest BCUT2D eigenvalue weighted by atomic mass is 19.4. The van der Waals surface area contributed by atoms with Crippen molar-refractivity contribution in [3.05, 3.63) is 23.0 Å². The number of nitrogens with zero attached hydrogens (tertiary/aromatic N) is 1. The van der Waals surface area contributed by atoms with E-state index in [1.54, 1.807) is 0 Å². The molecule has 1 aromatic heterocycles. The molecule has 0 spiro atoms. The van der Waals surface area contributed by atoms with Gasteiger partial charge in [0.1, 0.15) is 5.69 Å². The smallest absolute Gasteiger partial charge is 0.397 e. The zero-order valence-electron chi connectivity index (χ0n) is 7.72. The fourth-order valence-electron chi connectivity index (χ4n) is 1.08. The van der Waals surface area contributed by atoms with Crippen LogP contribution in [0.5, 0.6) is 0 Å². The second-order valence-electron chi connectivity index (χ2n) is 2.91. The third-order valence-corrected chi connectivity index (χ3v) is 1.84. The lowest BCUT2D eigenvalue weighted by atomic mass is 10.1. The lowest BCUT2D eigenvalue weighted by molar-refractivity contribution is -0.141. The predicted molar refractivity (Wildman–Crippen MR) is 44.5 cm³/mol. The van der Waals surface area contributed by atoms with Gasteiger partial charge in [0.25, 0.3) is 6.43 Å². The Morgan fingerprint density at radius 2 is 1.94 bits per heavy atom. The number of hydrogen-bond donors (Lipinski definition) is 2. The lowest BCUT2D eigenvalue weighted by Gasteiger charge is -2.13. The molecule has 90 valence electrons. The van der Waals surface area contributed by atoms with Crippen LogP contribution < -0.4 is 5.73 Å². The number of aromatic nitrogens is 1. The van der Waals surface area contributed by atoms with Gasteiger partial charge in [-0.1, -0.05) is 0 Å². The van der Waals surface area contributed by atoms with Gasteiger partial charge in [-0.25, -0.2) is 13.8 Å². The average Bonchev–Trinajstić information content (AvgIpc) is 2.15. The van der Waals surface area contributed by atoms with Crippen LogP contribution in [0.25, 0.3) is 0 Å². The number of aliphatic hydroxyl groups is 1. The van der Waals surface area contributed by atoms with E-state index in [1.165, 1.54) is 0 Å². The molecular weight excluding hydrogens is 235 g/mol. The Balaban J connectivity index is 3.40. The number of anilines is 1. The monoisotopic (exact) mass is 242 g/mol. The van der Waals surface area contributed by atoms with E-state index in [0.29, 0.717) is 0 Å². The van der Waals surface area contributed by atoms with E-state index >= 15 is 0 Å². The Hall–Kier alpha value is -1.44. The summed E-state index contributed by atoms with van der Waals surface area (Å²) in [7, 11) is 0. The van der Waals surface area contributed by atoms with Gasteiger partial charge in [-0.05, 0) is 6.07 Å². The number of rotatable bonds is 2. The first-order valence-electron chi connectivity index (χ1n) is 4.03. The average molecular weight is 242 g/mol. The highest BCUT2D eigenvalue weighted by Crippen LogP contribution is 2.34. The van der Waals surface area contributed by atoms with E-state index in [-0.39, 0.29) is 6.07 Å². The van der Waals surface area contributed by atoms with E-state index in [2.05, 4.69) is 4.98 Å². The fourth-order valence-corrected chi connectivity index (χ4v) is 1.08. The van der Waals surface area contributed by atoms with Crippen LogP contribution >= 0.6 is 0 Å². The van der Waals surface area contributed by atoms with Gasteiger partial charge in [0.15, 0.2) is 0 Å². The normalized spacial score (nSPS) is 12.2. The molecule has 1 heterocycles. The molecule has 0 saturated carbocycles. The molecule has 0 unspecified atom stereocenters. The van der Waals surface area contributed by atoms with Crippen LogP contribution in [0.1, 0.15) is 23.4 Å². The number of halogens is 5. The molecule has 0 saturated heterocycles. The molecule has 1 rings (SSSR count). The summed E-state index contributed by atoms with van der Waals surface area (Å²) in [6.07, 6.45) is -8.02. The van der Waals surface area contributed by atoms with E-state index < -0.39 is 41.8 Å². The highest BCUT2D eigenvalue weighted by molar-refractivity contribution is 5.52. The van der Waals surface area contributed by atoms with Gasteiger partial charge >= 0.3 is 6.18 Å². The molecule has 3 N–H and O–H groups in total. The highest BCUT2D eigenvalue weighted by Gasteiger charge is 2.34. The van der Waals surface area contributed by atoms with Crippen molar-refractivity contribution < 1.29 is 27.1 Å². The van der Waals surface area contributed by atoms with Gasteiger partial charge < -0.3 is 10.8 Å². The summed E-state index contributed by atoms with van der Waals surface area (Å²) in [5, 5.41) is 8.66. The van der Waals surface area contributed by atoms with Crippen LogP contribution in [-0.4, -0.2) is 10.1 Å². The van der Waals surface area contributed by atoms with E-state index in [4.69, 9.17) is 10.8 Å². The van der Waals surface area contributed by atoms with Crippen molar-refractivity contribution >= 4 is 5.69 Å². The molecule has 0 radical (unpaired) electrons. The second-order valence-corrected chi connectivity index (χ2v) is 2.91. The Kier molecular flexibility index (Phi) is 3.32. The van der Waals surface area contributed by atoms with Crippen molar-refractivity contribution in [3.63, 3.8) is 0 Å². The van der Waals surface area contributed by atoms with Crippen LogP contribution in [0, 0.1) is 0 Å². The first kappa shape index (κ1) is 12.6. The first-order valence-corrected chi connectivity index (χ1v) is 4.03. The minimum atomic E-state index is -4.86. The largest absolute Gasteiger partial charge is 0.433 e. The Morgan fingerprint density at radius 3 is 2.31 bits per heavy atom. The number of alkyl halides is 5. The van der Waals surface area contributed by atoms with Crippen LogP contribution in [-0.2, 0) is 12.8 Å². The molecule has 0 aromatic carbocycles. The van der Waals surface area contributed by atoms with Gasteiger partial charge in [-0.3, -0.25) is 0 Å². The minimum absolute atomic E-state index is 0.180. The van der Waals surface area contributed by atoms with E-state index in [0.717, 1.165) is 0 Å². The molecule has 3 nitrogen and oxygen atoms in total. The van der Waals surface area contributed by atoms with Crippen molar-refractivity contribution in [2.75, 3.05) is 5.73 Å². The zero-order valence-corrected chi connectivity index (χ0v) is 7.72. The Morgan fingerprint density at radius 1 is 1.38 bits per heavy atom. The van der Waals surface area contributed by atoms with Gasteiger partial charge in [0.2, 0.25) is 0 Å². The zero-order chi connectivity index (χ0) is 12.5. The summed E-state index contributed by atoms with van der Waals surface area (Å²) in [6, 6.07) is 0.180. The van der Waals surface area contributed by atoms with Crippen molar-refractivity contribution in [2.24, 2.45) is 0 Å². The number of aliphatic hydroxyl groups excluding tert-OH is 1. The maximum Gasteiger partial charge on any atom is 0.433 e. The molecule has 0 fully saturated rings. The third-order valence-electron chi connectivity index (χ3n) is 1.84. The standard InChI is InChI=1S/C8H7F5N2O/c9-7(10)3-1-5(8(11,12)13)15-4(2-16)6(3)14/h1,7,16H,2,14H2. The Bertz CT molecular complexity index is 391. The number of pyridine rings is 1. The Labute approximate surface area is 86.7 Å². The molecule has 0 amide bonds. The summed E-state index contributed by atoms with van der Waals surface area (Å²) in [5.41, 5.74) is 1.43. The van der Waals surface area contributed by atoms with Crippen molar-refractivity contribution in [3.8, 4) is 0 Å². The maximum absolute atomic E-state index is 12.4. The molecular formula is C8H7F5N2O. The summed E-state index contributed by atoms with van der Waals surface area (Å²) < 4.78 is 61.5. The summed E-state index contributed by atoms with van der Waals surface area (Å²) >= 11 is 0. The molecule has 0 bridgehead atoms. The first-order chi connectivity index (χ1) is 7.27. The van der Waals surface area contributed by atoms with Gasteiger partial charge in [0.05, 0.1) is 18.0 Å². The van der Waals surface area contributed by atoms with Crippen molar-refractivity contribution in [1.29, 1.82) is 0 Å². The number of nitrogen functional groups attached to an aromatic ring is 1. The van der Waals surface area contributed by atoms with Crippen LogP contribution in [0.2, 0.25) is 0 Å². The fraction of sp³-hybridized carbons (Fsp3) is 0.375. The molecule has 0 aliphatic heterocycles. The topological polar surface area (TPSA) is 59.1 Å². The summed E-state index contributed by atoms with van der Waals surface area (Å²) in [4.78, 5) is 2.97. The lowest BCUT2D eigenvalue weighted by Crippen LogP contribution is -2.13. The number of nitrogens with two attached hydrogens (primary N) is 1. The van der Waals surface area contributed by atoms with E-state index in [1.807, 2.05) is 0 Å².